The van der Waals surface area contributed by atoms with Crippen LogP contribution < -0.4 is 15.1 Å². The summed E-state index contributed by atoms with van der Waals surface area (Å²) in [5, 5.41) is 2.99. The number of aryl methyl sites for hydroxylation is 1. The van der Waals surface area contributed by atoms with Crippen LogP contribution in [-0.4, -0.2) is 53.2 Å². The number of aromatic nitrogens is 4. The van der Waals surface area contributed by atoms with Crippen molar-refractivity contribution in [1.29, 1.82) is 0 Å². The number of nitrogens with zero attached hydrogens (tertiary/aromatic N) is 6. The standard InChI is InChI=1S/C14H19N7/c1-11-10-18-13(15-2)19-12(11)20-6-8-21(9-7-20)14-16-4-3-5-17-14/h3-5,10H,6-9H2,1-2H3,(H,15,18,19). The molecule has 2 aromatic rings. The number of rotatable bonds is 3. The van der Waals surface area contributed by atoms with Crippen molar-refractivity contribution >= 4 is 17.7 Å². The average molecular weight is 285 g/mol. The Morgan fingerprint density at radius 2 is 1.67 bits per heavy atom. The summed E-state index contributed by atoms with van der Waals surface area (Å²) in [6, 6.07) is 1.84. The number of nitrogens with one attached hydrogen (secondary N) is 1. The van der Waals surface area contributed by atoms with E-state index in [-0.39, 0.29) is 0 Å². The molecule has 7 heteroatoms. The Balaban J connectivity index is 1.71. The van der Waals surface area contributed by atoms with E-state index < -0.39 is 0 Å². The maximum Gasteiger partial charge on any atom is 0.225 e. The molecule has 3 heterocycles. The van der Waals surface area contributed by atoms with Crippen LogP contribution in [-0.2, 0) is 0 Å². The Labute approximate surface area is 124 Å². The third-order valence-electron chi connectivity index (χ3n) is 3.58. The van der Waals surface area contributed by atoms with E-state index in [1.54, 1.807) is 12.4 Å². The van der Waals surface area contributed by atoms with E-state index in [0.717, 1.165) is 43.5 Å². The molecule has 0 aromatic carbocycles. The van der Waals surface area contributed by atoms with Gasteiger partial charge in [-0.2, -0.15) is 4.98 Å². The molecular weight excluding hydrogens is 266 g/mol. The van der Waals surface area contributed by atoms with Crippen LogP contribution in [0.2, 0.25) is 0 Å². The van der Waals surface area contributed by atoms with Gasteiger partial charge < -0.3 is 15.1 Å². The van der Waals surface area contributed by atoms with Gasteiger partial charge >= 0.3 is 0 Å². The zero-order valence-electron chi connectivity index (χ0n) is 12.3. The molecule has 7 nitrogen and oxygen atoms in total. The van der Waals surface area contributed by atoms with E-state index in [0.29, 0.717) is 5.95 Å². The molecule has 0 aliphatic carbocycles. The van der Waals surface area contributed by atoms with Gasteiger partial charge in [0.25, 0.3) is 0 Å². The van der Waals surface area contributed by atoms with E-state index in [4.69, 9.17) is 0 Å². The highest BCUT2D eigenvalue weighted by molar-refractivity contribution is 5.50. The molecule has 0 saturated carbocycles. The minimum absolute atomic E-state index is 0.657. The van der Waals surface area contributed by atoms with E-state index in [2.05, 4.69) is 35.1 Å². The largest absolute Gasteiger partial charge is 0.357 e. The smallest absolute Gasteiger partial charge is 0.225 e. The fourth-order valence-electron chi connectivity index (χ4n) is 2.45. The van der Waals surface area contributed by atoms with Gasteiger partial charge in [-0.15, -0.1) is 0 Å². The Morgan fingerprint density at radius 3 is 2.33 bits per heavy atom. The van der Waals surface area contributed by atoms with E-state index in [1.165, 1.54) is 0 Å². The number of hydrogen-bond acceptors (Lipinski definition) is 7. The van der Waals surface area contributed by atoms with Gasteiger partial charge in [0, 0.05) is 57.4 Å². The molecule has 0 bridgehead atoms. The Bertz CT molecular complexity index is 594. The summed E-state index contributed by atoms with van der Waals surface area (Å²) >= 11 is 0. The third kappa shape index (κ3) is 2.86. The van der Waals surface area contributed by atoms with Gasteiger partial charge in [0.05, 0.1) is 0 Å². The molecule has 110 valence electrons. The van der Waals surface area contributed by atoms with Crippen molar-refractivity contribution < 1.29 is 0 Å². The van der Waals surface area contributed by atoms with Crippen LogP contribution in [0.3, 0.4) is 0 Å². The second-order valence-electron chi connectivity index (χ2n) is 4.97. The Kier molecular flexibility index (Phi) is 3.81. The summed E-state index contributed by atoms with van der Waals surface area (Å²) in [7, 11) is 1.83. The number of hydrogen-bond donors (Lipinski definition) is 1. The van der Waals surface area contributed by atoms with Crippen LogP contribution in [0.1, 0.15) is 5.56 Å². The van der Waals surface area contributed by atoms with Gasteiger partial charge in [-0.05, 0) is 13.0 Å². The molecule has 2 aromatic heterocycles. The summed E-state index contributed by atoms with van der Waals surface area (Å²) in [6.07, 6.45) is 5.42. The van der Waals surface area contributed by atoms with Crippen molar-refractivity contribution in [1.82, 2.24) is 19.9 Å². The van der Waals surface area contributed by atoms with Crippen molar-refractivity contribution in [3.63, 3.8) is 0 Å². The highest BCUT2D eigenvalue weighted by atomic mass is 15.3. The van der Waals surface area contributed by atoms with Crippen molar-refractivity contribution in [3.05, 3.63) is 30.2 Å². The van der Waals surface area contributed by atoms with Gasteiger partial charge in [-0.3, -0.25) is 0 Å². The fraction of sp³-hybridized carbons (Fsp3) is 0.429. The van der Waals surface area contributed by atoms with Crippen LogP contribution in [0.5, 0.6) is 0 Å². The molecule has 21 heavy (non-hydrogen) atoms. The van der Waals surface area contributed by atoms with E-state index >= 15 is 0 Å². The SMILES string of the molecule is CNc1ncc(C)c(N2CCN(c3ncccn3)CC2)n1. The molecule has 1 aliphatic heterocycles. The van der Waals surface area contributed by atoms with Crippen molar-refractivity contribution in [2.24, 2.45) is 0 Å². The highest BCUT2D eigenvalue weighted by Crippen LogP contribution is 2.20. The number of anilines is 3. The minimum Gasteiger partial charge on any atom is -0.357 e. The molecule has 1 saturated heterocycles. The molecule has 0 atom stereocenters. The first kappa shape index (κ1) is 13.5. The summed E-state index contributed by atoms with van der Waals surface area (Å²) in [4.78, 5) is 21.9. The van der Waals surface area contributed by atoms with Crippen LogP contribution in [0, 0.1) is 6.92 Å². The van der Waals surface area contributed by atoms with Crippen LogP contribution in [0.25, 0.3) is 0 Å². The van der Waals surface area contributed by atoms with Crippen molar-refractivity contribution in [2.45, 2.75) is 6.92 Å². The minimum atomic E-state index is 0.657. The molecule has 3 rings (SSSR count). The van der Waals surface area contributed by atoms with Gasteiger partial charge in [0.15, 0.2) is 0 Å². The lowest BCUT2D eigenvalue weighted by atomic mass is 10.2. The predicted octanol–water partition coefficient (Wildman–Crippen LogP) is 0.943. The maximum absolute atomic E-state index is 4.57. The summed E-state index contributed by atoms with van der Waals surface area (Å²) in [6.45, 7) is 5.63. The second kappa shape index (κ2) is 5.90. The lowest BCUT2D eigenvalue weighted by molar-refractivity contribution is 0.633. The molecule has 1 N–H and O–H groups in total. The summed E-state index contributed by atoms with van der Waals surface area (Å²) in [5.74, 6) is 2.46. The van der Waals surface area contributed by atoms with E-state index in [9.17, 15) is 0 Å². The molecule has 0 amide bonds. The molecule has 0 spiro atoms. The van der Waals surface area contributed by atoms with Crippen molar-refractivity contribution in [3.8, 4) is 0 Å². The first-order valence-corrected chi connectivity index (χ1v) is 7.06. The molecule has 0 unspecified atom stereocenters. The fourth-order valence-corrected chi connectivity index (χ4v) is 2.45. The van der Waals surface area contributed by atoms with Crippen LogP contribution in [0.4, 0.5) is 17.7 Å². The Hall–Kier alpha value is -2.44. The molecule has 1 fully saturated rings. The van der Waals surface area contributed by atoms with Gasteiger partial charge in [0.2, 0.25) is 11.9 Å². The number of piperazine rings is 1. The summed E-state index contributed by atoms with van der Waals surface area (Å²) < 4.78 is 0. The zero-order valence-corrected chi connectivity index (χ0v) is 12.3. The van der Waals surface area contributed by atoms with Crippen LogP contribution in [0.15, 0.2) is 24.7 Å². The van der Waals surface area contributed by atoms with Crippen LogP contribution >= 0.6 is 0 Å². The molecule has 1 aliphatic rings. The van der Waals surface area contributed by atoms with Crippen molar-refractivity contribution in [2.75, 3.05) is 48.3 Å². The van der Waals surface area contributed by atoms with Gasteiger partial charge in [0.1, 0.15) is 5.82 Å². The lowest BCUT2D eigenvalue weighted by Crippen LogP contribution is -2.47. The van der Waals surface area contributed by atoms with Gasteiger partial charge in [-0.1, -0.05) is 0 Å². The maximum atomic E-state index is 4.57. The zero-order chi connectivity index (χ0) is 14.7. The summed E-state index contributed by atoms with van der Waals surface area (Å²) in [5.41, 5.74) is 1.10. The monoisotopic (exact) mass is 285 g/mol. The first-order chi connectivity index (χ1) is 10.3. The highest BCUT2D eigenvalue weighted by Gasteiger charge is 2.21. The topological polar surface area (TPSA) is 70.1 Å². The average Bonchev–Trinajstić information content (AvgIpc) is 2.56. The van der Waals surface area contributed by atoms with Gasteiger partial charge in [-0.25, -0.2) is 15.0 Å². The predicted molar refractivity (Wildman–Crippen MR) is 82.8 cm³/mol. The normalized spacial score (nSPS) is 15.1. The first-order valence-electron chi connectivity index (χ1n) is 7.06. The second-order valence-corrected chi connectivity index (χ2v) is 4.97. The molecule has 0 radical (unpaired) electrons. The third-order valence-corrected chi connectivity index (χ3v) is 3.58. The van der Waals surface area contributed by atoms with E-state index in [1.807, 2.05) is 26.2 Å². The Morgan fingerprint density at radius 1 is 1.00 bits per heavy atom. The lowest BCUT2D eigenvalue weighted by Gasteiger charge is -2.35. The molecular formula is C14H19N7. The quantitative estimate of drug-likeness (QED) is 0.900.